The number of hydrogen-bond acceptors (Lipinski definition) is 10. The minimum absolute atomic E-state index is 0.0339. The van der Waals surface area contributed by atoms with Gasteiger partial charge in [0.15, 0.2) is 11.6 Å². The highest BCUT2D eigenvalue weighted by Crippen LogP contribution is 2.44. The molecule has 15 nitrogen and oxygen atoms in total. The quantitative estimate of drug-likeness (QED) is 0.123. The van der Waals surface area contributed by atoms with E-state index in [1.165, 1.54) is 37.3 Å². The van der Waals surface area contributed by atoms with E-state index in [-0.39, 0.29) is 53.6 Å². The maximum absolute atomic E-state index is 15.8. The second kappa shape index (κ2) is 16.7. The SMILES string of the molecule is COc1c(N2CCN(C(=O)OCOC(=O)CC(NC(=O)C(C)c3ccc(-c4ccccc4)c(F)c3)C(=O)O)C(C)C2)c(F)cc2c(=O)c(C(=O)O)cn(C3CC3)c12. The summed E-state index contributed by atoms with van der Waals surface area (Å²) in [5, 5.41) is 21.4. The van der Waals surface area contributed by atoms with Gasteiger partial charge in [0.2, 0.25) is 18.1 Å². The first-order valence-corrected chi connectivity index (χ1v) is 18.1. The van der Waals surface area contributed by atoms with Crippen molar-refractivity contribution in [1.82, 2.24) is 14.8 Å². The predicted octanol–water partition coefficient (Wildman–Crippen LogP) is 4.90. The van der Waals surface area contributed by atoms with Gasteiger partial charge >= 0.3 is 24.0 Å². The van der Waals surface area contributed by atoms with Crippen molar-refractivity contribution in [1.29, 1.82) is 0 Å². The molecule has 1 aliphatic carbocycles. The van der Waals surface area contributed by atoms with Gasteiger partial charge in [-0.25, -0.2) is 23.2 Å². The molecule has 3 atom stereocenters. The van der Waals surface area contributed by atoms with Crippen LogP contribution >= 0.6 is 0 Å². The molecule has 57 heavy (non-hydrogen) atoms. The molecule has 0 radical (unpaired) electrons. The number of nitrogens with zero attached hydrogens (tertiary/aromatic N) is 3. The number of piperazine rings is 1. The predicted molar refractivity (Wildman–Crippen MR) is 200 cm³/mol. The molecule has 300 valence electrons. The summed E-state index contributed by atoms with van der Waals surface area (Å²) < 4.78 is 48.1. The van der Waals surface area contributed by atoms with Gasteiger partial charge in [-0.3, -0.25) is 14.4 Å². The van der Waals surface area contributed by atoms with Crippen LogP contribution in [0, 0.1) is 11.6 Å². The number of carboxylic acids is 2. The number of nitrogens with one attached hydrogen (secondary N) is 1. The highest BCUT2D eigenvalue weighted by Gasteiger charge is 2.35. The normalized spacial score (nSPS) is 16.4. The second-order valence-electron chi connectivity index (χ2n) is 13.9. The van der Waals surface area contributed by atoms with Crippen LogP contribution in [0.4, 0.5) is 19.3 Å². The van der Waals surface area contributed by atoms with Crippen LogP contribution in [0.15, 0.2) is 65.6 Å². The van der Waals surface area contributed by atoms with Gasteiger partial charge in [-0.05, 0) is 49.9 Å². The summed E-state index contributed by atoms with van der Waals surface area (Å²) in [4.78, 5) is 78.2. The number of amides is 2. The lowest BCUT2D eigenvalue weighted by molar-refractivity contribution is -0.156. The number of rotatable bonds is 13. The van der Waals surface area contributed by atoms with Gasteiger partial charge in [0.25, 0.3) is 0 Å². The number of fused-ring (bicyclic) bond motifs is 1. The maximum atomic E-state index is 15.8. The Bertz CT molecular complexity index is 2300. The molecule has 2 heterocycles. The second-order valence-corrected chi connectivity index (χ2v) is 13.9. The Labute approximate surface area is 324 Å². The molecular formula is C40H40F2N4O11. The average Bonchev–Trinajstić information content (AvgIpc) is 4.03. The van der Waals surface area contributed by atoms with Gasteiger partial charge in [-0.15, -0.1) is 0 Å². The van der Waals surface area contributed by atoms with Crippen LogP contribution in [0.25, 0.3) is 22.0 Å². The Morgan fingerprint density at radius 2 is 1.68 bits per heavy atom. The van der Waals surface area contributed by atoms with E-state index < -0.39 is 83.8 Å². The largest absolute Gasteiger partial charge is 0.492 e. The third kappa shape index (κ3) is 8.51. The number of aliphatic carboxylic acids is 1. The fourth-order valence-electron chi connectivity index (χ4n) is 6.91. The lowest BCUT2D eigenvalue weighted by Crippen LogP contribution is -2.54. The first-order chi connectivity index (χ1) is 27.2. The van der Waals surface area contributed by atoms with E-state index in [2.05, 4.69) is 5.32 Å². The van der Waals surface area contributed by atoms with Gasteiger partial charge in [0.1, 0.15) is 23.1 Å². The highest BCUT2D eigenvalue weighted by atomic mass is 19.1. The van der Waals surface area contributed by atoms with Crippen LogP contribution in [-0.4, -0.2) is 95.2 Å². The van der Waals surface area contributed by atoms with E-state index in [1.54, 1.807) is 52.8 Å². The summed E-state index contributed by atoms with van der Waals surface area (Å²) in [6, 6.07) is 11.7. The number of benzene rings is 3. The van der Waals surface area contributed by atoms with Crippen molar-refractivity contribution in [2.45, 2.75) is 57.2 Å². The van der Waals surface area contributed by atoms with Gasteiger partial charge in [-0.2, -0.15) is 0 Å². The van der Waals surface area contributed by atoms with Crippen molar-refractivity contribution in [3.05, 3.63) is 93.8 Å². The zero-order chi connectivity index (χ0) is 41.1. The smallest absolute Gasteiger partial charge is 0.413 e. The van der Waals surface area contributed by atoms with Crippen molar-refractivity contribution in [3.63, 3.8) is 0 Å². The van der Waals surface area contributed by atoms with Crippen LogP contribution in [-0.2, 0) is 23.9 Å². The zero-order valence-corrected chi connectivity index (χ0v) is 31.2. The molecule has 2 amide bonds. The van der Waals surface area contributed by atoms with Crippen LogP contribution in [0.2, 0.25) is 0 Å². The van der Waals surface area contributed by atoms with Gasteiger partial charge in [0.05, 0.1) is 30.4 Å². The van der Waals surface area contributed by atoms with E-state index in [9.17, 15) is 43.4 Å². The molecule has 1 saturated carbocycles. The number of pyridine rings is 1. The minimum Gasteiger partial charge on any atom is -0.492 e. The molecule has 1 aliphatic heterocycles. The van der Waals surface area contributed by atoms with E-state index in [4.69, 9.17) is 14.2 Å². The number of anilines is 1. The van der Waals surface area contributed by atoms with Crippen molar-refractivity contribution in [3.8, 4) is 16.9 Å². The van der Waals surface area contributed by atoms with Crippen LogP contribution < -0.4 is 20.4 Å². The van der Waals surface area contributed by atoms with E-state index in [0.717, 1.165) is 18.9 Å². The first-order valence-electron chi connectivity index (χ1n) is 18.1. The molecule has 2 aliphatic rings. The van der Waals surface area contributed by atoms with Crippen LogP contribution in [0.3, 0.4) is 0 Å². The van der Waals surface area contributed by atoms with Gasteiger partial charge < -0.3 is 44.1 Å². The van der Waals surface area contributed by atoms with Crippen molar-refractivity contribution in [2.24, 2.45) is 0 Å². The summed E-state index contributed by atoms with van der Waals surface area (Å²) in [5.74, 6) is -7.10. The number of carbonyl (C=O) groups excluding carboxylic acids is 3. The Hall–Kier alpha value is -6.52. The third-order valence-corrected chi connectivity index (χ3v) is 10.1. The summed E-state index contributed by atoms with van der Waals surface area (Å²) >= 11 is 0. The van der Waals surface area contributed by atoms with Crippen molar-refractivity contribution < 1.29 is 57.2 Å². The lowest BCUT2D eigenvalue weighted by Gasteiger charge is -2.40. The molecule has 3 aromatic carbocycles. The number of carbonyl (C=O) groups is 5. The number of hydrogen-bond donors (Lipinski definition) is 3. The summed E-state index contributed by atoms with van der Waals surface area (Å²) in [6.07, 6.45) is 1.07. The fraction of sp³-hybridized carbons (Fsp3) is 0.350. The Morgan fingerprint density at radius 1 is 0.965 bits per heavy atom. The molecular weight excluding hydrogens is 750 g/mol. The van der Waals surface area contributed by atoms with Gasteiger partial charge in [-0.1, -0.05) is 42.5 Å². The molecule has 2 fully saturated rings. The molecule has 4 aromatic rings. The Kier molecular flexibility index (Phi) is 11.8. The van der Waals surface area contributed by atoms with Crippen molar-refractivity contribution in [2.75, 3.05) is 38.4 Å². The van der Waals surface area contributed by atoms with E-state index >= 15 is 4.39 Å². The topological polar surface area (TPSA) is 194 Å². The molecule has 6 rings (SSSR count). The number of esters is 1. The Morgan fingerprint density at radius 3 is 2.30 bits per heavy atom. The fourth-order valence-corrected chi connectivity index (χ4v) is 6.91. The molecule has 3 N–H and O–H groups in total. The standard InChI is InChI=1S/C40H40F2N4O11/c1-21-18-44(34-30(42)16-27-33(36(34)55-3)46(25-10-11-25)19-28(35(27)48)38(50)51)13-14-45(21)40(54)57-20-56-32(47)17-31(39(52)53)43-37(49)22(2)24-9-12-26(29(41)15-24)23-7-5-4-6-8-23/h4-9,12,15-16,19,21-22,25,31H,10-11,13-14,17-18,20H2,1-3H3,(H,43,49)(H,50,51)(H,52,53). The van der Waals surface area contributed by atoms with E-state index in [0.29, 0.717) is 11.1 Å². The summed E-state index contributed by atoms with van der Waals surface area (Å²) in [6.45, 7) is 2.50. The Balaban J connectivity index is 1.03. The zero-order valence-electron chi connectivity index (χ0n) is 31.2. The lowest BCUT2D eigenvalue weighted by atomic mass is 9.96. The molecule has 0 spiro atoms. The number of carboxylic acid groups (broad SMARTS) is 2. The molecule has 3 unspecified atom stereocenters. The molecule has 17 heteroatoms. The first kappa shape index (κ1) is 40.2. The highest BCUT2D eigenvalue weighted by molar-refractivity contribution is 5.97. The molecule has 0 bridgehead atoms. The summed E-state index contributed by atoms with van der Waals surface area (Å²) in [5.41, 5.74) is 0.254. The van der Waals surface area contributed by atoms with E-state index in [1.807, 2.05) is 0 Å². The number of aromatic carboxylic acids is 1. The summed E-state index contributed by atoms with van der Waals surface area (Å²) in [7, 11) is 1.32. The van der Waals surface area contributed by atoms with Crippen LogP contribution in [0.5, 0.6) is 5.75 Å². The number of aromatic nitrogens is 1. The average molecular weight is 791 g/mol. The third-order valence-electron chi connectivity index (χ3n) is 10.1. The molecule has 1 aromatic heterocycles. The minimum atomic E-state index is -1.70. The monoisotopic (exact) mass is 790 g/mol. The van der Waals surface area contributed by atoms with Crippen LogP contribution in [0.1, 0.15) is 61.0 Å². The van der Waals surface area contributed by atoms with Gasteiger partial charge in [0, 0.05) is 43.5 Å². The number of halogens is 2. The maximum Gasteiger partial charge on any atom is 0.413 e. The molecule has 1 saturated heterocycles. The number of methoxy groups -OCH3 is 1. The number of ether oxygens (including phenoxy) is 3. The van der Waals surface area contributed by atoms with Crippen molar-refractivity contribution >= 4 is 46.5 Å².